The van der Waals surface area contributed by atoms with Gasteiger partial charge in [-0.2, -0.15) is 0 Å². The molecule has 1 aromatic carbocycles. The van der Waals surface area contributed by atoms with Gasteiger partial charge in [-0.15, -0.1) is 0 Å². The van der Waals surface area contributed by atoms with E-state index in [0.717, 1.165) is 13.0 Å². The van der Waals surface area contributed by atoms with Crippen LogP contribution in [-0.4, -0.2) is 35.7 Å². The van der Waals surface area contributed by atoms with Crippen LogP contribution in [0, 0.1) is 6.92 Å². The molecule has 0 saturated carbocycles. The highest BCUT2D eigenvalue weighted by Gasteiger charge is 2.20. The number of nitrogens with zero attached hydrogens (tertiary/aromatic N) is 1. The molecule has 1 aromatic rings. The number of nitrogens with two attached hydrogens (primary N) is 1. The van der Waals surface area contributed by atoms with Crippen molar-refractivity contribution in [2.75, 3.05) is 19.7 Å². The summed E-state index contributed by atoms with van der Waals surface area (Å²) in [4.78, 5) is 2.36. The second-order valence-corrected chi connectivity index (χ2v) is 5.07. The van der Waals surface area contributed by atoms with Crippen molar-refractivity contribution in [2.24, 2.45) is 5.73 Å². The lowest BCUT2D eigenvalue weighted by atomic mass is 10.0. The molecule has 0 spiro atoms. The largest absolute Gasteiger partial charge is 0.396 e. The Morgan fingerprint density at radius 3 is 2.28 bits per heavy atom. The van der Waals surface area contributed by atoms with Crippen LogP contribution in [-0.2, 0) is 0 Å². The fraction of sp³-hybridized carbons (Fsp3) is 0.600. The van der Waals surface area contributed by atoms with E-state index in [0.29, 0.717) is 12.6 Å². The van der Waals surface area contributed by atoms with Crippen LogP contribution in [0.15, 0.2) is 24.3 Å². The van der Waals surface area contributed by atoms with Crippen LogP contribution >= 0.6 is 0 Å². The van der Waals surface area contributed by atoms with Gasteiger partial charge in [0.05, 0.1) is 0 Å². The highest BCUT2D eigenvalue weighted by Crippen LogP contribution is 2.22. The van der Waals surface area contributed by atoms with E-state index in [1.54, 1.807) is 0 Å². The minimum atomic E-state index is 0.231. The predicted molar refractivity (Wildman–Crippen MR) is 76.5 cm³/mol. The summed E-state index contributed by atoms with van der Waals surface area (Å²) in [7, 11) is 0. The number of hydrogen-bond acceptors (Lipinski definition) is 3. The Morgan fingerprint density at radius 2 is 1.83 bits per heavy atom. The first-order chi connectivity index (χ1) is 8.60. The van der Waals surface area contributed by atoms with Gasteiger partial charge in [0.2, 0.25) is 0 Å². The summed E-state index contributed by atoms with van der Waals surface area (Å²) in [6.07, 6.45) is 0.792. The summed E-state index contributed by atoms with van der Waals surface area (Å²) in [5.74, 6) is 0. The Balaban J connectivity index is 2.87. The zero-order valence-corrected chi connectivity index (χ0v) is 11.8. The van der Waals surface area contributed by atoms with Crippen LogP contribution in [0.3, 0.4) is 0 Å². The first kappa shape index (κ1) is 15.2. The Bertz CT molecular complexity index is 335. The van der Waals surface area contributed by atoms with Gasteiger partial charge < -0.3 is 10.8 Å². The first-order valence-corrected chi connectivity index (χ1v) is 6.73. The van der Waals surface area contributed by atoms with Crippen LogP contribution in [0.5, 0.6) is 0 Å². The number of aryl methyl sites for hydroxylation is 1. The van der Waals surface area contributed by atoms with Gasteiger partial charge in [-0.1, -0.05) is 29.8 Å². The molecular formula is C15H26N2O. The van der Waals surface area contributed by atoms with Crippen molar-refractivity contribution in [3.05, 3.63) is 35.4 Å². The Morgan fingerprint density at radius 1 is 1.22 bits per heavy atom. The van der Waals surface area contributed by atoms with Crippen molar-refractivity contribution in [3.63, 3.8) is 0 Å². The molecule has 0 bridgehead atoms. The summed E-state index contributed by atoms with van der Waals surface area (Å²) in [5.41, 5.74) is 8.47. The van der Waals surface area contributed by atoms with Gasteiger partial charge >= 0.3 is 0 Å². The number of aliphatic hydroxyl groups excluding tert-OH is 1. The molecule has 18 heavy (non-hydrogen) atoms. The molecule has 0 heterocycles. The smallest absolute Gasteiger partial charge is 0.0473 e. The molecule has 102 valence electrons. The molecule has 1 unspecified atom stereocenters. The Labute approximate surface area is 111 Å². The Kier molecular flexibility index (Phi) is 6.33. The third-order valence-corrected chi connectivity index (χ3v) is 3.32. The van der Waals surface area contributed by atoms with Crippen molar-refractivity contribution < 1.29 is 5.11 Å². The third-order valence-electron chi connectivity index (χ3n) is 3.32. The minimum Gasteiger partial charge on any atom is -0.396 e. The number of benzene rings is 1. The lowest BCUT2D eigenvalue weighted by Gasteiger charge is -2.34. The zero-order valence-electron chi connectivity index (χ0n) is 11.8. The van der Waals surface area contributed by atoms with Gasteiger partial charge in [0.1, 0.15) is 0 Å². The van der Waals surface area contributed by atoms with Gasteiger partial charge in [-0.3, -0.25) is 4.90 Å². The molecule has 3 N–H and O–H groups in total. The monoisotopic (exact) mass is 250 g/mol. The molecule has 0 saturated heterocycles. The van der Waals surface area contributed by atoms with Crippen molar-refractivity contribution >= 4 is 0 Å². The normalized spacial score (nSPS) is 13.3. The predicted octanol–water partition coefficient (Wildman–Crippen LogP) is 2.09. The SMILES string of the molecule is Cc1ccc(C(CN)N(CCCO)C(C)C)cc1. The standard InChI is InChI=1S/C15H26N2O/c1-12(2)17(9-4-10-18)15(11-16)14-7-5-13(3)6-8-14/h5-8,12,15,18H,4,9-11,16H2,1-3H3. The maximum absolute atomic E-state index is 9.00. The highest BCUT2D eigenvalue weighted by molar-refractivity contribution is 5.24. The fourth-order valence-corrected chi connectivity index (χ4v) is 2.28. The van der Waals surface area contributed by atoms with E-state index in [1.807, 2.05) is 0 Å². The van der Waals surface area contributed by atoms with Gasteiger partial charge in [-0.25, -0.2) is 0 Å². The van der Waals surface area contributed by atoms with E-state index in [1.165, 1.54) is 11.1 Å². The molecule has 1 atom stereocenters. The van der Waals surface area contributed by atoms with Crippen molar-refractivity contribution in [2.45, 2.75) is 39.3 Å². The van der Waals surface area contributed by atoms with Gasteiger partial charge in [0.15, 0.2) is 0 Å². The Hall–Kier alpha value is -0.900. The molecule has 0 aliphatic rings. The average molecular weight is 250 g/mol. The van der Waals surface area contributed by atoms with Gasteiger partial charge in [0, 0.05) is 31.8 Å². The van der Waals surface area contributed by atoms with E-state index in [-0.39, 0.29) is 12.6 Å². The molecule has 3 heteroatoms. The molecule has 0 amide bonds. The van der Waals surface area contributed by atoms with Crippen LogP contribution in [0.25, 0.3) is 0 Å². The lowest BCUT2D eigenvalue weighted by molar-refractivity contribution is 0.141. The van der Waals surface area contributed by atoms with Crippen molar-refractivity contribution in [3.8, 4) is 0 Å². The molecule has 0 aromatic heterocycles. The van der Waals surface area contributed by atoms with E-state index in [2.05, 4.69) is 49.9 Å². The maximum atomic E-state index is 9.00. The summed E-state index contributed by atoms with van der Waals surface area (Å²) in [5, 5.41) is 9.00. The number of hydrogen-bond donors (Lipinski definition) is 2. The molecule has 3 nitrogen and oxygen atoms in total. The van der Waals surface area contributed by atoms with Crippen molar-refractivity contribution in [1.82, 2.24) is 4.90 Å². The topological polar surface area (TPSA) is 49.5 Å². The molecular weight excluding hydrogens is 224 g/mol. The molecule has 1 rings (SSSR count). The first-order valence-electron chi connectivity index (χ1n) is 6.73. The number of rotatable bonds is 7. The second-order valence-electron chi connectivity index (χ2n) is 5.07. The third kappa shape index (κ3) is 4.09. The zero-order chi connectivity index (χ0) is 13.5. The van der Waals surface area contributed by atoms with Crippen molar-refractivity contribution in [1.29, 1.82) is 0 Å². The van der Waals surface area contributed by atoms with Crippen LogP contribution < -0.4 is 5.73 Å². The van der Waals surface area contributed by atoms with Crippen LogP contribution in [0.1, 0.15) is 37.4 Å². The summed E-state index contributed by atoms with van der Waals surface area (Å²) >= 11 is 0. The summed E-state index contributed by atoms with van der Waals surface area (Å²) in [6, 6.07) is 9.22. The van der Waals surface area contributed by atoms with E-state index in [9.17, 15) is 0 Å². The minimum absolute atomic E-state index is 0.231. The molecule has 0 aliphatic carbocycles. The molecule has 0 radical (unpaired) electrons. The lowest BCUT2D eigenvalue weighted by Crippen LogP contribution is -2.39. The van der Waals surface area contributed by atoms with Crippen LogP contribution in [0.2, 0.25) is 0 Å². The van der Waals surface area contributed by atoms with E-state index >= 15 is 0 Å². The summed E-state index contributed by atoms with van der Waals surface area (Å²) in [6.45, 7) is 8.15. The highest BCUT2D eigenvalue weighted by atomic mass is 16.3. The molecule has 0 aliphatic heterocycles. The average Bonchev–Trinajstić information content (AvgIpc) is 2.35. The van der Waals surface area contributed by atoms with Gasteiger partial charge in [-0.05, 0) is 32.8 Å². The second kappa shape index (κ2) is 7.52. The maximum Gasteiger partial charge on any atom is 0.0473 e. The van der Waals surface area contributed by atoms with E-state index in [4.69, 9.17) is 10.8 Å². The number of aliphatic hydroxyl groups is 1. The summed E-state index contributed by atoms with van der Waals surface area (Å²) < 4.78 is 0. The van der Waals surface area contributed by atoms with Gasteiger partial charge in [0.25, 0.3) is 0 Å². The molecule has 0 fully saturated rings. The van der Waals surface area contributed by atoms with Crippen LogP contribution in [0.4, 0.5) is 0 Å². The van der Waals surface area contributed by atoms with E-state index < -0.39 is 0 Å². The fourth-order valence-electron chi connectivity index (χ4n) is 2.28. The quantitative estimate of drug-likeness (QED) is 0.779.